The van der Waals surface area contributed by atoms with Gasteiger partial charge in [-0.15, -0.1) is 0 Å². The topological polar surface area (TPSA) is 32.3 Å². The van der Waals surface area contributed by atoms with E-state index in [2.05, 4.69) is 21.2 Å². The predicted molar refractivity (Wildman–Crippen MR) is 102 cm³/mol. The summed E-state index contributed by atoms with van der Waals surface area (Å²) in [4.78, 5) is 16.9. The Labute approximate surface area is 152 Å². The van der Waals surface area contributed by atoms with Gasteiger partial charge in [-0.05, 0) is 48.5 Å². The molecule has 1 heterocycles. The maximum atomic E-state index is 13.0. The number of amides is 2. The molecule has 0 aliphatic carbocycles. The Morgan fingerprint density at radius 3 is 1.96 bits per heavy atom. The average molecular weight is 397 g/mol. The first-order chi connectivity index (χ1) is 11.7. The van der Waals surface area contributed by atoms with Gasteiger partial charge in [0.25, 0.3) is 0 Å². The van der Waals surface area contributed by atoms with Crippen molar-refractivity contribution in [2.24, 2.45) is 0 Å². The van der Waals surface area contributed by atoms with Crippen molar-refractivity contribution in [1.29, 1.82) is 0 Å². The van der Waals surface area contributed by atoms with Crippen molar-refractivity contribution in [3.05, 3.63) is 77.3 Å². The highest BCUT2D eigenvalue weighted by Gasteiger charge is 2.27. The number of nitrogens with zero attached hydrogens (tertiary/aromatic N) is 1. The number of halogens is 1. The first kappa shape index (κ1) is 15.3. The second-order valence-electron chi connectivity index (χ2n) is 5.31. The van der Waals surface area contributed by atoms with E-state index >= 15 is 0 Å². The number of hydrogen-bond donors (Lipinski definition) is 1. The van der Waals surface area contributed by atoms with Crippen LogP contribution in [0.5, 0.6) is 0 Å². The Hall–Kier alpha value is -2.24. The second-order valence-corrected chi connectivity index (χ2v) is 7.31. The van der Waals surface area contributed by atoms with E-state index in [-0.39, 0.29) is 6.03 Å². The number of nitrogens with one attached hydrogen (secondary N) is 1. The first-order valence-corrected chi connectivity index (χ1v) is 9.06. The molecule has 0 saturated carbocycles. The summed E-state index contributed by atoms with van der Waals surface area (Å²) in [5.41, 5.74) is 2.56. The molecular weight excluding hydrogens is 384 g/mol. The van der Waals surface area contributed by atoms with Crippen LogP contribution in [-0.4, -0.2) is 6.03 Å². The van der Waals surface area contributed by atoms with E-state index in [1.807, 2.05) is 72.8 Å². The van der Waals surface area contributed by atoms with Crippen molar-refractivity contribution in [3.63, 3.8) is 0 Å². The average Bonchev–Trinajstić information content (AvgIpc) is 2.61. The van der Waals surface area contributed by atoms with Gasteiger partial charge >= 0.3 is 6.03 Å². The third kappa shape index (κ3) is 2.81. The van der Waals surface area contributed by atoms with Crippen molar-refractivity contribution in [3.8, 4) is 0 Å². The lowest BCUT2D eigenvalue weighted by molar-refractivity contribution is 0.259. The molecule has 1 aliphatic heterocycles. The Morgan fingerprint density at radius 2 is 1.38 bits per heavy atom. The Kier molecular flexibility index (Phi) is 4.04. The summed E-state index contributed by atoms with van der Waals surface area (Å²) in [5, 5.41) is 2.98. The fraction of sp³-hybridized carbons (Fsp3) is 0. The minimum atomic E-state index is -0.169. The largest absolute Gasteiger partial charge is 0.331 e. The van der Waals surface area contributed by atoms with Gasteiger partial charge in [-0.1, -0.05) is 52.0 Å². The van der Waals surface area contributed by atoms with Crippen LogP contribution in [0.1, 0.15) is 0 Å². The third-order valence-corrected chi connectivity index (χ3v) is 5.39. The standard InChI is InChI=1S/C19H13BrN2OS/c20-13-9-11-14(12-10-13)21-19(23)22-15-5-1-3-7-17(15)24-18-8-4-2-6-16(18)22/h1-12H,(H,21,23). The molecule has 0 bridgehead atoms. The summed E-state index contributed by atoms with van der Waals surface area (Å²) >= 11 is 5.09. The van der Waals surface area contributed by atoms with E-state index in [0.717, 1.165) is 31.3 Å². The number of fused-ring (bicyclic) bond motifs is 2. The fourth-order valence-corrected chi connectivity index (χ4v) is 3.96. The molecule has 24 heavy (non-hydrogen) atoms. The zero-order chi connectivity index (χ0) is 16.5. The summed E-state index contributed by atoms with van der Waals surface area (Å²) in [6.45, 7) is 0. The Balaban J connectivity index is 1.74. The number of benzene rings is 3. The highest BCUT2D eigenvalue weighted by atomic mass is 79.9. The highest BCUT2D eigenvalue weighted by molar-refractivity contribution is 9.10. The number of para-hydroxylation sites is 2. The molecule has 0 fully saturated rings. The quantitative estimate of drug-likeness (QED) is 0.524. The van der Waals surface area contributed by atoms with E-state index in [0.29, 0.717) is 0 Å². The molecule has 1 N–H and O–H groups in total. The van der Waals surface area contributed by atoms with Gasteiger partial charge < -0.3 is 5.32 Å². The maximum absolute atomic E-state index is 13.0. The molecule has 5 heteroatoms. The van der Waals surface area contributed by atoms with Gasteiger partial charge in [0.2, 0.25) is 0 Å². The maximum Gasteiger partial charge on any atom is 0.331 e. The fourth-order valence-electron chi connectivity index (χ4n) is 2.64. The van der Waals surface area contributed by atoms with Crippen molar-refractivity contribution in [2.75, 3.05) is 10.2 Å². The number of urea groups is 1. The molecule has 4 rings (SSSR count). The van der Waals surface area contributed by atoms with Gasteiger partial charge in [-0.2, -0.15) is 0 Å². The molecule has 3 aromatic carbocycles. The van der Waals surface area contributed by atoms with Crippen LogP contribution in [0.15, 0.2) is 87.1 Å². The molecule has 0 radical (unpaired) electrons. The minimum Gasteiger partial charge on any atom is -0.307 e. The van der Waals surface area contributed by atoms with Gasteiger partial charge in [0.1, 0.15) is 0 Å². The normalized spacial score (nSPS) is 12.3. The molecule has 0 spiro atoms. The summed E-state index contributed by atoms with van der Waals surface area (Å²) in [6, 6.07) is 23.3. The van der Waals surface area contributed by atoms with Crippen molar-refractivity contribution < 1.29 is 4.79 Å². The third-order valence-electron chi connectivity index (χ3n) is 3.73. The van der Waals surface area contributed by atoms with Gasteiger partial charge in [-0.25, -0.2) is 4.79 Å². The van der Waals surface area contributed by atoms with E-state index in [1.54, 1.807) is 16.7 Å². The molecular formula is C19H13BrN2OS. The molecule has 3 aromatic rings. The molecule has 0 atom stereocenters. The van der Waals surface area contributed by atoms with E-state index in [9.17, 15) is 4.79 Å². The molecule has 0 unspecified atom stereocenters. The smallest absolute Gasteiger partial charge is 0.307 e. The SMILES string of the molecule is O=C(Nc1ccc(Br)cc1)N1c2ccccc2Sc2ccccc21. The molecule has 3 nitrogen and oxygen atoms in total. The van der Waals surface area contributed by atoms with E-state index in [1.165, 1.54) is 0 Å². The predicted octanol–water partition coefficient (Wildman–Crippen LogP) is 6.28. The number of carbonyl (C=O) groups is 1. The molecule has 1 aliphatic rings. The Bertz CT molecular complexity index is 866. The second kappa shape index (κ2) is 6.34. The van der Waals surface area contributed by atoms with Gasteiger partial charge in [0.05, 0.1) is 11.4 Å². The molecule has 0 aromatic heterocycles. The van der Waals surface area contributed by atoms with Crippen LogP contribution in [-0.2, 0) is 0 Å². The van der Waals surface area contributed by atoms with Crippen LogP contribution < -0.4 is 10.2 Å². The summed E-state index contributed by atoms with van der Waals surface area (Å²) in [5.74, 6) is 0. The van der Waals surface area contributed by atoms with Crippen molar-refractivity contribution in [2.45, 2.75) is 9.79 Å². The number of anilines is 3. The number of hydrogen-bond acceptors (Lipinski definition) is 2. The highest BCUT2D eigenvalue weighted by Crippen LogP contribution is 2.47. The van der Waals surface area contributed by atoms with E-state index < -0.39 is 0 Å². The summed E-state index contributed by atoms with van der Waals surface area (Å²) in [7, 11) is 0. The zero-order valence-corrected chi connectivity index (χ0v) is 15.0. The number of carbonyl (C=O) groups excluding carboxylic acids is 1. The van der Waals surface area contributed by atoms with Crippen LogP contribution in [0, 0.1) is 0 Å². The lowest BCUT2D eigenvalue weighted by atomic mass is 10.2. The minimum absolute atomic E-state index is 0.169. The molecule has 2 amide bonds. The first-order valence-electron chi connectivity index (χ1n) is 7.45. The van der Waals surface area contributed by atoms with Gasteiger partial charge in [0.15, 0.2) is 0 Å². The lowest BCUT2D eigenvalue weighted by Gasteiger charge is -2.31. The van der Waals surface area contributed by atoms with Crippen LogP contribution in [0.3, 0.4) is 0 Å². The van der Waals surface area contributed by atoms with Crippen molar-refractivity contribution >= 4 is 50.8 Å². The van der Waals surface area contributed by atoms with Crippen LogP contribution >= 0.6 is 27.7 Å². The molecule has 0 saturated heterocycles. The summed E-state index contributed by atoms with van der Waals surface area (Å²) in [6.07, 6.45) is 0. The summed E-state index contributed by atoms with van der Waals surface area (Å²) < 4.78 is 0.977. The van der Waals surface area contributed by atoms with Gasteiger partial charge in [-0.3, -0.25) is 4.90 Å². The molecule has 118 valence electrons. The number of rotatable bonds is 1. The van der Waals surface area contributed by atoms with Crippen LogP contribution in [0.4, 0.5) is 21.9 Å². The zero-order valence-electron chi connectivity index (χ0n) is 12.6. The monoisotopic (exact) mass is 396 g/mol. The van der Waals surface area contributed by atoms with Gasteiger partial charge in [0, 0.05) is 20.0 Å². The van der Waals surface area contributed by atoms with Crippen molar-refractivity contribution in [1.82, 2.24) is 0 Å². The Morgan fingerprint density at radius 1 is 0.833 bits per heavy atom. The van der Waals surface area contributed by atoms with Crippen LogP contribution in [0.25, 0.3) is 0 Å². The van der Waals surface area contributed by atoms with Crippen LogP contribution in [0.2, 0.25) is 0 Å². The van der Waals surface area contributed by atoms with E-state index in [4.69, 9.17) is 0 Å². The lowest BCUT2D eigenvalue weighted by Crippen LogP contribution is -2.32.